The first-order chi connectivity index (χ1) is 8.74. The van der Waals surface area contributed by atoms with E-state index < -0.39 is 0 Å². The van der Waals surface area contributed by atoms with Crippen molar-refractivity contribution >= 4 is 11.8 Å². The van der Waals surface area contributed by atoms with Gasteiger partial charge in [0.05, 0.1) is 0 Å². The number of rotatable bonds is 4. The van der Waals surface area contributed by atoms with Crippen LogP contribution in [0.4, 0.5) is 15.0 Å². The van der Waals surface area contributed by atoms with Crippen LogP contribution in [-0.2, 0) is 6.42 Å². The van der Waals surface area contributed by atoms with Crippen LogP contribution in [0.25, 0.3) is 0 Å². The average molecular weight is 249 g/mol. The number of halogens is 1. The van der Waals surface area contributed by atoms with Crippen molar-refractivity contribution in [2.75, 3.05) is 11.9 Å². The lowest BCUT2D eigenvalue weighted by atomic mass is 10.1. The monoisotopic (exact) mass is 249 g/mol. The molecule has 2 rings (SSSR count). The van der Waals surface area contributed by atoms with E-state index in [0.29, 0.717) is 18.8 Å². The molecule has 1 aromatic heterocycles. The smallest absolute Gasteiger partial charge is 0.320 e. The molecule has 2 N–H and O–H groups in total. The Bertz CT molecular complexity index is 497. The Morgan fingerprint density at radius 3 is 2.72 bits per heavy atom. The summed E-state index contributed by atoms with van der Waals surface area (Å²) in [7, 11) is 0. The van der Waals surface area contributed by atoms with E-state index >= 15 is 0 Å². The molecule has 2 amide bonds. The molecule has 1 aromatic carbocycles. The van der Waals surface area contributed by atoms with E-state index in [9.17, 15) is 9.18 Å². The maximum Gasteiger partial charge on any atom is 0.320 e. The van der Waals surface area contributed by atoms with Crippen LogP contribution in [0.2, 0.25) is 0 Å². The van der Waals surface area contributed by atoms with Gasteiger partial charge < -0.3 is 9.84 Å². The molecule has 18 heavy (non-hydrogen) atoms. The Morgan fingerprint density at radius 2 is 2.06 bits per heavy atom. The van der Waals surface area contributed by atoms with E-state index in [1.54, 1.807) is 18.2 Å². The second kappa shape index (κ2) is 5.81. The quantitative estimate of drug-likeness (QED) is 0.872. The van der Waals surface area contributed by atoms with Crippen LogP contribution >= 0.6 is 0 Å². The van der Waals surface area contributed by atoms with Gasteiger partial charge in [0, 0.05) is 12.6 Å². The summed E-state index contributed by atoms with van der Waals surface area (Å²) in [6, 6.07) is 7.35. The van der Waals surface area contributed by atoms with Gasteiger partial charge in [-0.05, 0) is 24.1 Å². The largest absolute Gasteiger partial charge is 0.363 e. The minimum Gasteiger partial charge on any atom is -0.363 e. The predicted molar refractivity (Wildman–Crippen MR) is 63.6 cm³/mol. The fraction of sp³-hybridized carbons (Fsp3) is 0.167. The molecule has 0 spiro atoms. The molecule has 0 aliphatic rings. The van der Waals surface area contributed by atoms with Crippen molar-refractivity contribution in [2.45, 2.75) is 6.42 Å². The average Bonchev–Trinajstić information content (AvgIpc) is 2.84. The number of nitrogens with zero attached hydrogens (tertiary/aromatic N) is 1. The van der Waals surface area contributed by atoms with E-state index in [0.717, 1.165) is 5.56 Å². The summed E-state index contributed by atoms with van der Waals surface area (Å²) in [4.78, 5) is 11.4. The number of carbonyl (C=O) groups is 1. The summed E-state index contributed by atoms with van der Waals surface area (Å²) in [6.45, 7) is 0.454. The zero-order chi connectivity index (χ0) is 12.8. The second-order valence-electron chi connectivity index (χ2n) is 3.64. The van der Waals surface area contributed by atoms with Gasteiger partial charge in [-0.15, -0.1) is 0 Å². The van der Waals surface area contributed by atoms with E-state index in [2.05, 4.69) is 20.3 Å². The van der Waals surface area contributed by atoms with Gasteiger partial charge in [-0.3, -0.25) is 5.32 Å². The molecule has 5 nitrogen and oxygen atoms in total. The Morgan fingerprint density at radius 1 is 1.28 bits per heavy atom. The molecule has 94 valence electrons. The molecule has 0 radical (unpaired) electrons. The number of nitrogens with one attached hydrogen (secondary N) is 2. The molecule has 0 fully saturated rings. The maximum absolute atomic E-state index is 12.7. The topological polar surface area (TPSA) is 67.2 Å². The predicted octanol–water partition coefficient (Wildman–Crippen LogP) is 2.18. The third-order valence-corrected chi connectivity index (χ3v) is 2.29. The zero-order valence-corrected chi connectivity index (χ0v) is 9.52. The number of carbonyl (C=O) groups excluding carboxylic acids is 1. The third kappa shape index (κ3) is 3.58. The van der Waals surface area contributed by atoms with Crippen LogP contribution in [0, 0.1) is 5.82 Å². The van der Waals surface area contributed by atoms with Crippen molar-refractivity contribution in [3.63, 3.8) is 0 Å². The number of urea groups is 1. The van der Waals surface area contributed by atoms with Crippen molar-refractivity contribution in [1.82, 2.24) is 10.5 Å². The van der Waals surface area contributed by atoms with E-state index in [1.165, 1.54) is 18.4 Å². The molecule has 0 aliphatic heterocycles. The summed E-state index contributed by atoms with van der Waals surface area (Å²) >= 11 is 0. The van der Waals surface area contributed by atoms with Crippen molar-refractivity contribution in [3.8, 4) is 0 Å². The zero-order valence-electron chi connectivity index (χ0n) is 9.52. The first-order valence-electron chi connectivity index (χ1n) is 5.44. The normalized spacial score (nSPS) is 10.1. The number of anilines is 1. The van der Waals surface area contributed by atoms with Gasteiger partial charge in [0.15, 0.2) is 5.82 Å². The molecular weight excluding hydrogens is 237 g/mol. The molecular formula is C12H12FN3O2. The van der Waals surface area contributed by atoms with Crippen molar-refractivity contribution in [1.29, 1.82) is 0 Å². The summed E-state index contributed by atoms with van der Waals surface area (Å²) in [5, 5.41) is 8.70. The van der Waals surface area contributed by atoms with Gasteiger partial charge in [-0.1, -0.05) is 17.3 Å². The SMILES string of the molecule is O=C(NCCc1ccc(F)cc1)Nc1ccon1. The number of hydrogen-bond acceptors (Lipinski definition) is 3. The highest BCUT2D eigenvalue weighted by atomic mass is 19.1. The molecule has 0 unspecified atom stereocenters. The van der Waals surface area contributed by atoms with Gasteiger partial charge in [-0.2, -0.15) is 0 Å². The fourth-order valence-electron chi connectivity index (χ4n) is 1.41. The lowest BCUT2D eigenvalue weighted by molar-refractivity contribution is 0.252. The summed E-state index contributed by atoms with van der Waals surface area (Å²) in [6.07, 6.45) is 2.00. The second-order valence-corrected chi connectivity index (χ2v) is 3.64. The van der Waals surface area contributed by atoms with Crippen LogP contribution in [0.5, 0.6) is 0 Å². The number of hydrogen-bond donors (Lipinski definition) is 2. The first-order valence-corrected chi connectivity index (χ1v) is 5.44. The van der Waals surface area contributed by atoms with Crippen LogP contribution in [-0.4, -0.2) is 17.7 Å². The van der Waals surface area contributed by atoms with E-state index in [-0.39, 0.29) is 11.8 Å². The first kappa shape index (κ1) is 12.1. The van der Waals surface area contributed by atoms with Gasteiger partial charge in [0.2, 0.25) is 0 Å². The Hall–Kier alpha value is -2.37. The Labute approximate surface area is 103 Å². The Balaban J connectivity index is 1.72. The highest BCUT2D eigenvalue weighted by Crippen LogP contribution is 2.03. The maximum atomic E-state index is 12.7. The van der Waals surface area contributed by atoms with Crippen LogP contribution in [0.15, 0.2) is 41.1 Å². The lowest BCUT2D eigenvalue weighted by Crippen LogP contribution is -2.30. The molecule has 0 saturated heterocycles. The summed E-state index contributed by atoms with van der Waals surface area (Å²) < 4.78 is 17.2. The van der Waals surface area contributed by atoms with E-state index in [1.807, 2.05) is 0 Å². The number of aromatic nitrogens is 1. The summed E-state index contributed by atoms with van der Waals surface area (Å²) in [5.74, 6) is 0.0877. The van der Waals surface area contributed by atoms with Crippen molar-refractivity contribution < 1.29 is 13.7 Å². The molecule has 0 aliphatic carbocycles. The molecule has 1 heterocycles. The molecule has 2 aromatic rings. The number of amides is 2. The Kier molecular flexibility index (Phi) is 3.90. The van der Waals surface area contributed by atoms with Crippen LogP contribution in [0.1, 0.15) is 5.56 Å². The molecule has 6 heteroatoms. The van der Waals surface area contributed by atoms with Crippen LogP contribution < -0.4 is 10.6 Å². The van der Waals surface area contributed by atoms with Crippen molar-refractivity contribution in [3.05, 3.63) is 48.0 Å². The third-order valence-electron chi connectivity index (χ3n) is 2.29. The molecule has 0 atom stereocenters. The lowest BCUT2D eigenvalue weighted by Gasteiger charge is -2.05. The standard InChI is InChI=1S/C12H12FN3O2/c13-10-3-1-9(2-4-10)5-7-14-12(17)15-11-6-8-18-16-11/h1-4,6,8H,5,7H2,(H2,14,15,16,17). The van der Waals surface area contributed by atoms with Gasteiger partial charge >= 0.3 is 6.03 Å². The number of benzene rings is 1. The highest BCUT2D eigenvalue weighted by molar-refractivity contribution is 5.87. The van der Waals surface area contributed by atoms with Gasteiger partial charge in [-0.25, -0.2) is 9.18 Å². The van der Waals surface area contributed by atoms with Gasteiger partial charge in [0.1, 0.15) is 12.1 Å². The van der Waals surface area contributed by atoms with Crippen LogP contribution in [0.3, 0.4) is 0 Å². The highest BCUT2D eigenvalue weighted by Gasteiger charge is 2.03. The fourth-order valence-corrected chi connectivity index (χ4v) is 1.41. The minimum absolute atomic E-state index is 0.268. The van der Waals surface area contributed by atoms with Crippen molar-refractivity contribution in [2.24, 2.45) is 0 Å². The minimum atomic E-state index is -0.356. The summed E-state index contributed by atoms with van der Waals surface area (Å²) in [5.41, 5.74) is 0.957. The molecule has 0 saturated carbocycles. The molecule has 0 bridgehead atoms. The van der Waals surface area contributed by atoms with E-state index in [4.69, 9.17) is 0 Å². The van der Waals surface area contributed by atoms with Gasteiger partial charge in [0.25, 0.3) is 0 Å².